The molecule has 0 aromatic rings. The van der Waals surface area contributed by atoms with Crippen molar-refractivity contribution in [3.63, 3.8) is 0 Å². The van der Waals surface area contributed by atoms with Crippen molar-refractivity contribution >= 4 is 11.9 Å². The Morgan fingerprint density at radius 3 is 1.28 bits per heavy atom. The van der Waals surface area contributed by atoms with Crippen molar-refractivity contribution in [2.24, 2.45) is 0 Å². The number of carbonyl (C=O) groups is 2. The Balaban J connectivity index is 1.73. The monoisotopic (exact) mass is 252 g/mol. The molecule has 0 N–H and O–H groups in total. The Kier molecular flexibility index (Phi) is 2.03. The Hall–Kier alpha value is -1.98. The minimum atomic E-state index is -0.973. The Labute approximate surface area is 103 Å². The fourth-order valence-corrected chi connectivity index (χ4v) is 2.45. The van der Waals surface area contributed by atoms with E-state index < -0.39 is 23.5 Å². The molecule has 0 bridgehead atoms. The number of hydrogen-bond acceptors (Lipinski definition) is 6. The molecule has 6 heteroatoms. The van der Waals surface area contributed by atoms with E-state index in [0.29, 0.717) is 25.7 Å². The molecule has 1 saturated carbocycles. The summed E-state index contributed by atoms with van der Waals surface area (Å²) in [5.41, 5.74) is 0. The summed E-state index contributed by atoms with van der Waals surface area (Å²) in [6.45, 7) is 6.94. The van der Waals surface area contributed by atoms with Crippen molar-refractivity contribution in [1.29, 1.82) is 0 Å². The fraction of sp³-hybridized carbons (Fsp3) is 0.500. The van der Waals surface area contributed by atoms with Crippen LogP contribution >= 0.6 is 0 Å². The van der Waals surface area contributed by atoms with E-state index in [9.17, 15) is 9.59 Å². The lowest BCUT2D eigenvalue weighted by Gasteiger charge is -2.37. The van der Waals surface area contributed by atoms with Crippen LogP contribution in [0.4, 0.5) is 0 Å². The standard InChI is InChI=1S/C12H12O6/c1-7-9(13)17-11(15-7)3-5-12(6-4-11)16-8(2)10(14)18-12/h1-6H2. The highest BCUT2D eigenvalue weighted by atomic mass is 16.8. The molecule has 3 aliphatic rings. The Morgan fingerprint density at radius 1 is 0.722 bits per heavy atom. The van der Waals surface area contributed by atoms with Gasteiger partial charge in [-0.3, -0.25) is 0 Å². The summed E-state index contributed by atoms with van der Waals surface area (Å²) in [7, 11) is 0. The molecule has 3 fully saturated rings. The molecular weight excluding hydrogens is 240 g/mol. The first-order valence-corrected chi connectivity index (χ1v) is 5.66. The molecule has 0 aromatic carbocycles. The third-order valence-corrected chi connectivity index (χ3v) is 3.40. The maximum Gasteiger partial charge on any atom is 0.376 e. The minimum Gasteiger partial charge on any atom is -0.445 e. The molecule has 2 aliphatic heterocycles. The quantitative estimate of drug-likeness (QED) is 0.475. The topological polar surface area (TPSA) is 71.1 Å². The summed E-state index contributed by atoms with van der Waals surface area (Å²) in [6, 6.07) is 0. The summed E-state index contributed by atoms with van der Waals surface area (Å²) in [5, 5.41) is 0. The van der Waals surface area contributed by atoms with Gasteiger partial charge in [0.1, 0.15) is 0 Å². The summed E-state index contributed by atoms with van der Waals surface area (Å²) < 4.78 is 21.1. The average Bonchev–Trinajstić information content (AvgIpc) is 2.74. The van der Waals surface area contributed by atoms with Crippen molar-refractivity contribution < 1.29 is 28.5 Å². The van der Waals surface area contributed by atoms with Gasteiger partial charge in [-0.2, -0.15) is 0 Å². The van der Waals surface area contributed by atoms with Crippen molar-refractivity contribution in [3.05, 3.63) is 24.7 Å². The molecule has 0 aromatic heterocycles. The van der Waals surface area contributed by atoms with Gasteiger partial charge in [0, 0.05) is 25.7 Å². The zero-order valence-electron chi connectivity index (χ0n) is 9.69. The summed E-state index contributed by atoms with van der Waals surface area (Å²) in [5.74, 6) is -3.00. The molecule has 2 saturated heterocycles. The first-order valence-electron chi connectivity index (χ1n) is 5.66. The highest BCUT2D eigenvalue weighted by Crippen LogP contribution is 2.47. The lowest BCUT2D eigenvalue weighted by atomic mass is 9.89. The second-order valence-corrected chi connectivity index (χ2v) is 4.65. The normalized spacial score (nSPS) is 38.7. The molecule has 3 rings (SSSR count). The Bertz CT molecular complexity index is 389. The maximum absolute atomic E-state index is 11.3. The third-order valence-electron chi connectivity index (χ3n) is 3.40. The van der Waals surface area contributed by atoms with E-state index in [1.807, 2.05) is 0 Å². The predicted octanol–water partition coefficient (Wildman–Crippen LogP) is 1.13. The average molecular weight is 252 g/mol. The first kappa shape index (κ1) is 11.1. The van der Waals surface area contributed by atoms with Gasteiger partial charge in [0.15, 0.2) is 0 Å². The lowest BCUT2D eigenvalue weighted by molar-refractivity contribution is -0.240. The van der Waals surface area contributed by atoms with Gasteiger partial charge >= 0.3 is 11.9 Å². The molecule has 96 valence electrons. The highest BCUT2D eigenvalue weighted by molar-refractivity contribution is 5.88. The van der Waals surface area contributed by atoms with Crippen molar-refractivity contribution in [2.75, 3.05) is 0 Å². The van der Waals surface area contributed by atoms with E-state index in [1.54, 1.807) is 0 Å². The van der Waals surface area contributed by atoms with Crippen molar-refractivity contribution in [2.45, 2.75) is 37.3 Å². The fourth-order valence-electron chi connectivity index (χ4n) is 2.45. The van der Waals surface area contributed by atoms with Gasteiger partial charge in [0.05, 0.1) is 0 Å². The van der Waals surface area contributed by atoms with Gasteiger partial charge in [-0.1, -0.05) is 0 Å². The van der Waals surface area contributed by atoms with Crippen molar-refractivity contribution in [3.8, 4) is 0 Å². The molecule has 0 atom stereocenters. The van der Waals surface area contributed by atoms with Crippen LogP contribution in [-0.2, 0) is 28.5 Å². The smallest absolute Gasteiger partial charge is 0.376 e. The van der Waals surface area contributed by atoms with E-state index in [1.165, 1.54) is 0 Å². The molecule has 0 radical (unpaired) electrons. The zero-order valence-corrected chi connectivity index (χ0v) is 9.69. The number of rotatable bonds is 0. The van der Waals surface area contributed by atoms with Crippen molar-refractivity contribution in [1.82, 2.24) is 0 Å². The minimum absolute atomic E-state index is 0.0136. The SMILES string of the molecule is C=C1OC2(CCC3(CC2)OC(=C)C(=O)O3)OC1=O. The predicted molar refractivity (Wildman–Crippen MR) is 56.6 cm³/mol. The van der Waals surface area contributed by atoms with Gasteiger partial charge in [-0.15, -0.1) is 0 Å². The molecule has 18 heavy (non-hydrogen) atoms. The second-order valence-electron chi connectivity index (χ2n) is 4.65. The molecule has 6 nitrogen and oxygen atoms in total. The summed E-state index contributed by atoms with van der Waals surface area (Å²) in [6.07, 6.45) is 1.55. The Morgan fingerprint density at radius 2 is 1.06 bits per heavy atom. The van der Waals surface area contributed by atoms with E-state index in [0.717, 1.165) is 0 Å². The first-order chi connectivity index (χ1) is 8.44. The van der Waals surface area contributed by atoms with E-state index in [-0.39, 0.29) is 11.5 Å². The van der Waals surface area contributed by atoms with Crippen LogP contribution in [0.25, 0.3) is 0 Å². The molecule has 0 unspecified atom stereocenters. The third kappa shape index (κ3) is 1.48. The molecule has 0 amide bonds. The summed E-state index contributed by atoms with van der Waals surface area (Å²) in [4.78, 5) is 22.6. The van der Waals surface area contributed by atoms with Gasteiger partial charge in [0.25, 0.3) is 11.6 Å². The van der Waals surface area contributed by atoms with Crippen LogP contribution in [0, 0.1) is 0 Å². The zero-order chi connectivity index (χ0) is 13.0. The number of esters is 2. The number of carbonyl (C=O) groups excluding carboxylic acids is 2. The summed E-state index contributed by atoms with van der Waals surface area (Å²) >= 11 is 0. The molecule has 2 heterocycles. The maximum atomic E-state index is 11.3. The lowest BCUT2D eigenvalue weighted by Crippen LogP contribution is -2.44. The van der Waals surface area contributed by atoms with E-state index in [4.69, 9.17) is 18.9 Å². The second kappa shape index (κ2) is 3.28. The van der Waals surface area contributed by atoms with Gasteiger partial charge in [0.2, 0.25) is 11.5 Å². The van der Waals surface area contributed by atoms with Crippen LogP contribution in [0.15, 0.2) is 24.7 Å². The molecule has 1 aliphatic carbocycles. The molecular formula is C12H12O6. The van der Waals surface area contributed by atoms with Crippen LogP contribution < -0.4 is 0 Å². The largest absolute Gasteiger partial charge is 0.445 e. The van der Waals surface area contributed by atoms with Crippen LogP contribution in [0.2, 0.25) is 0 Å². The van der Waals surface area contributed by atoms with Gasteiger partial charge < -0.3 is 18.9 Å². The van der Waals surface area contributed by atoms with Crippen LogP contribution in [0.1, 0.15) is 25.7 Å². The number of hydrogen-bond donors (Lipinski definition) is 0. The van der Waals surface area contributed by atoms with Crippen LogP contribution in [0.3, 0.4) is 0 Å². The van der Waals surface area contributed by atoms with Gasteiger partial charge in [-0.05, 0) is 13.2 Å². The van der Waals surface area contributed by atoms with E-state index >= 15 is 0 Å². The number of ether oxygens (including phenoxy) is 4. The van der Waals surface area contributed by atoms with Gasteiger partial charge in [-0.25, -0.2) is 9.59 Å². The van der Waals surface area contributed by atoms with E-state index in [2.05, 4.69) is 13.2 Å². The van der Waals surface area contributed by atoms with Crippen LogP contribution in [-0.4, -0.2) is 23.5 Å². The highest BCUT2D eigenvalue weighted by Gasteiger charge is 2.56. The molecule has 2 spiro atoms. The van der Waals surface area contributed by atoms with Crippen LogP contribution in [0.5, 0.6) is 0 Å².